The van der Waals surface area contributed by atoms with Crippen molar-refractivity contribution >= 4 is 6.08 Å². The molecular formula is C18H21N3O2. The van der Waals surface area contributed by atoms with E-state index in [0.29, 0.717) is 6.61 Å². The van der Waals surface area contributed by atoms with Crippen LogP contribution in [0.2, 0.25) is 0 Å². The third-order valence-electron chi connectivity index (χ3n) is 3.60. The molecule has 1 aliphatic heterocycles. The van der Waals surface area contributed by atoms with Crippen LogP contribution in [0.25, 0.3) is 6.08 Å². The number of hydrogen-bond acceptors (Lipinski definition) is 5. The molecule has 2 unspecified atom stereocenters. The van der Waals surface area contributed by atoms with Crippen LogP contribution in [0.3, 0.4) is 0 Å². The van der Waals surface area contributed by atoms with Gasteiger partial charge in [0, 0.05) is 19.6 Å². The summed E-state index contributed by atoms with van der Waals surface area (Å²) in [6.45, 7) is 7.53. The maximum absolute atomic E-state index is 8.74. The van der Waals surface area contributed by atoms with E-state index in [9.17, 15) is 0 Å². The fourth-order valence-corrected chi connectivity index (χ4v) is 2.68. The van der Waals surface area contributed by atoms with E-state index in [1.807, 2.05) is 36.4 Å². The molecule has 0 aliphatic carbocycles. The quantitative estimate of drug-likeness (QED) is 0.782. The van der Waals surface area contributed by atoms with E-state index in [2.05, 4.69) is 18.7 Å². The monoisotopic (exact) mass is 311 g/mol. The molecule has 2 atom stereocenters. The first-order valence-electron chi connectivity index (χ1n) is 7.73. The van der Waals surface area contributed by atoms with Gasteiger partial charge in [-0.05, 0) is 37.6 Å². The normalized spacial score (nSPS) is 21.0. The summed E-state index contributed by atoms with van der Waals surface area (Å²) >= 11 is 0. The fraction of sp³-hybridized carbons (Fsp3) is 0.444. The summed E-state index contributed by atoms with van der Waals surface area (Å²) in [6.07, 6.45) is 2.08. The summed E-state index contributed by atoms with van der Waals surface area (Å²) in [4.78, 5) is 2.35. The van der Waals surface area contributed by atoms with Crippen LogP contribution in [0, 0.1) is 22.7 Å². The zero-order valence-electron chi connectivity index (χ0n) is 13.5. The minimum atomic E-state index is 0.0919. The zero-order valence-corrected chi connectivity index (χ0v) is 13.5. The summed E-state index contributed by atoms with van der Waals surface area (Å²) in [5.74, 6) is 0.784. The lowest BCUT2D eigenvalue weighted by Crippen LogP contribution is -2.46. The van der Waals surface area contributed by atoms with Gasteiger partial charge in [0.1, 0.15) is 30.1 Å². The molecule has 0 aromatic heterocycles. The minimum Gasteiger partial charge on any atom is -0.492 e. The van der Waals surface area contributed by atoms with Crippen molar-refractivity contribution in [2.75, 3.05) is 26.2 Å². The Bertz CT molecular complexity index is 599. The molecule has 120 valence electrons. The van der Waals surface area contributed by atoms with Crippen LogP contribution in [0.5, 0.6) is 5.75 Å². The molecule has 1 heterocycles. The SMILES string of the molecule is CC1CN(CCOc2ccc(C=C(C#N)C#N)cc2)CC(C)O1. The maximum atomic E-state index is 8.74. The van der Waals surface area contributed by atoms with Gasteiger partial charge in [0.05, 0.1) is 12.2 Å². The average molecular weight is 311 g/mol. The van der Waals surface area contributed by atoms with E-state index >= 15 is 0 Å². The number of rotatable bonds is 5. The molecular weight excluding hydrogens is 290 g/mol. The summed E-state index contributed by atoms with van der Waals surface area (Å²) < 4.78 is 11.5. The van der Waals surface area contributed by atoms with Gasteiger partial charge in [-0.15, -0.1) is 0 Å². The van der Waals surface area contributed by atoms with Crippen molar-refractivity contribution in [3.05, 3.63) is 35.4 Å². The fourth-order valence-electron chi connectivity index (χ4n) is 2.68. The highest BCUT2D eigenvalue weighted by molar-refractivity contribution is 5.62. The van der Waals surface area contributed by atoms with Gasteiger partial charge in [-0.1, -0.05) is 12.1 Å². The second-order valence-corrected chi connectivity index (χ2v) is 5.72. The van der Waals surface area contributed by atoms with Gasteiger partial charge in [-0.25, -0.2) is 0 Å². The van der Waals surface area contributed by atoms with E-state index in [1.54, 1.807) is 6.08 Å². The van der Waals surface area contributed by atoms with Crippen molar-refractivity contribution in [2.45, 2.75) is 26.1 Å². The first-order valence-corrected chi connectivity index (χ1v) is 7.73. The lowest BCUT2D eigenvalue weighted by atomic mass is 10.1. The molecule has 23 heavy (non-hydrogen) atoms. The Morgan fingerprint density at radius 3 is 2.39 bits per heavy atom. The van der Waals surface area contributed by atoms with E-state index < -0.39 is 0 Å². The van der Waals surface area contributed by atoms with Crippen LogP contribution in [0.15, 0.2) is 29.8 Å². The van der Waals surface area contributed by atoms with Crippen molar-refractivity contribution in [1.29, 1.82) is 10.5 Å². The summed E-state index contributed by atoms with van der Waals surface area (Å²) in [5, 5.41) is 17.5. The number of morpholine rings is 1. The van der Waals surface area contributed by atoms with Crippen LogP contribution in [-0.4, -0.2) is 43.3 Å². The molecule has 1 aromatic carbocycles. The van der Waals surface area contributed by atoms with Crippen molar-refractivity contribution in [2.24, 2.45) is 0 Å². The second-order valence-electron chi connectivity index (χ2n) is 5.72. The van der Waals surface area contributed by atoms with Crippen LogP contribution in [0.1, 0.15) is 19.4 Å². The summed E-state index contributed by atoms with van der Waals surface area (Å²) in [7, 11) is 0. The van der Waals surface area contributed by atoms with Gasteiger partial charge >= 0.3 is 0 Å². The number of benzene rings is 1. The highest BCUT2D eigenvalue weighted by atomic mass is 16.5. The smallest absolute Gasteiger partial charge is 0.130 e. The Morgan fingerprint density at radius 1 is 1.22 bits per heavy atom. The van der Waals surface area contributed by atoms with Crippen LogP contribution >= 0.6 is 0 Å². The van der Waals surface area contributed by atoms with E-state index in [1.165, 1.54) is 0 Å². The van der Waals surface area contributed by atoms with Crippen LogP contribution < -0.4 is 4.74 Å². The molecule has 5 nitrogen and oxygen atoms in total. The van der Waals surface area contributed by atoms with Gasteiger partial charge in [0.2, 0.25) is 0 Å². The molecule has 1 saturated heterocycles. The summed E-state index contributed by atoms with van der Waals surface area (Å²) in [5.41, 5.74) is 0.903. The predicted molar refractivity (Wildman–Crippen MR) is 87.6 cm³/mol. The van der Waals surface area contributed by atoms with Crippen molar-refractivity contribution < 1.29 is 9.47 Å². The van der Waals surface area contributed by atoms with Crippen LogP contribution in [0.4, 0.5) is 0 Å². The molecule has 0 radical (unpaired) electrons. The standard InChI is InChI=1S/C18H21N3O2/c1-14-12-21(13-15(2)23-14)7-8-22-18-5-3-16(4-6-18)9-17(10-19)11-20/h3-6,9,14-15H,7-8,12-13H2,1-2H3. The zero-order chi connectivity index (χ0) is 16.7. The topological polar surface area (TPSA) is 69.3 Å². The number of ether oxygens (including phenoxy) is 2. The number of nitrogens with zero attached hydrogens (tertiary/aromatic N) is 3. The van der Waals surface area contributed by atoms with Gasteiger partial charge in [-0.2, -0.15) is 10.5 Å². The van der Waals surface area contributed by atoms with E-state index in [-0.39, 0.29) is 17.8 Å². The largest absolute Gasteiger partial charge is 0.492 e. The van der Waals surface area contributed by atoms with Crippen molar-refractivity contribution in [1.82, 2.24) is 4.90 Å². The van der Waals surface area contributed by atoms with E-state index in [0.717, 1.165) is 30.9 Å². The molecule has 5 heteroatoms. The first-order chi connectivity index (χ1) is 11.1. The maximum Gasteiger partial charge on any atom is 0.130 e. The molecule has 0 spiro atoms. The van der Waals surface area contributed by atoms with Crippen molar-refractivity contribution in [3.63, 3.8) is 0 Å². The number of allylic oxidation sites excluding steroid dienone is 1. The molecule has 0 saturated carbocycles. The Kier molecular flexibility index (Phi) is 6.17. The molecule has 0 bridgehead atoms. The third-order valence-corrected chi connectivity index (χ3v) is 3.60. The minimum absolute atomic E-state index is 0.0919. The van der Waals surface area contributed by atoms with Gasteiger partial charge < -0.3 is 9.47 Å². The molecule has 0 amide bonds. The van der Waals surface area contributed by atoms with Gasteiger partial charge in [0.15, 0.2) is 0 Å². The second kappa shape index (κ2) is 8.33. The first kappa shape index (κ1) is 17.0. The Hall–Kier alpha value is -2.34. The molecule has 1 aromatic rings. The average Bonchev–Trinajstić information content (AvgIpc) is 2.53. The highest BCUT2D eigenvalue weighted by Crippen LogP contribution is 2.15. The highest BCUT2D eigenvalue weighted by Gasteiger charge is 2.21. The number of hydrogen-bond donors (Lipinski definition) is 0. The van der Waals surface area contributed by atoms with Crippen molar-refractivity contribution in [3.8, 4) is 17.9 Å². The predicted octanol–water partition coefficient (Wildman–Crippen LogP) is 2.61. The molecule has 2 rings (SSSR count). The Labute approximate surface area is 137 Å². The summed E-state index contributed by atoms with van der Waals surface area (Å²) in [6, 6.07) is 11.1. The van der Waals surface area contributed by atoms with Gasteiger partial charge in [-0.3, -0.25) is 4.90 Å². The Morgan fingerprint density at radius 2 is 1.83 bits per heavy atom. The number of nitriles is 2. The van der Waals surface area contributed by atoms with Crippen LogP contribution in [-0.2, 0) is 4.74 Å². The molecule has 1 aliphatic rings. The Balaban J connectivity index is 1.82. The van der Waals surface area contributed by atoms with Gasteiger partial charge in [0.25, 0.3) is 0 Å². The molecule has 1 fully saturated rings. The lowest BCUT2D eigenvalue weighted by Gasteiger charge is -2.35. The lowest BCUT2D eigenvalue weighted by molar-refractivity contribution is -0.0699. The molecule has 0 N–H and O–H groups in total. The third kappa shape index (κ3) is 5.41. The van der Waals surface area contributed by atoms with E-state index in [4.69, 9.17) is 20.0 Å².